The summed E-state index contributed by atoms with van der Waals surface area (Å²) in [7, 11) is 1.67. The van der Waals surface area contributed by atoms with Gasteiger partial charge in [-0.15, -0.1) is 0 Å². The van der Waals surface area contributed by atoms with Crippen molar-refractivity contribution < 1.29 is 4.42 Å². The Labute approximate surface area is 98.1 Å². The molecule has 4 heteroatoms. The van der Waals surface area contributed by atoms with Gasteiger partial charge < -0.3 is 4.42 Å². The first-order valence-corrected chi connectivity index (χ1v) is 5.60. The van der Waals surface area contributed by atoms with Gasteiger partial charge in [-0.05, 0) is 30.0 Å². The van der Waals surface area contributed by atoms with Gasteiger partial charge in [0.1, 0.15) is 0 Å². The van der Waals surface area contributed by atoms with E-state index in [0.717, 1.165) is 17.5 Å². The maximum absolute atomic E-state index is 11.4. The van der Waals surface area contributed by atoms with Crippen molar-refractivity contribution >= 4 is 11.1 Å². The molecule has 3 rings (SSSR count). The molecule has 1 fully saturated rings. The van der Waals surface area contributed by atoms with Crippen molar-refractivity contribution in [1.82, 2.24) is 4.57 Å². The highest BCUT2D eigenvalue weighted by atomic mass is 16.4. The number of benzene rings is 1. The van der Waals surface area contributed by atoms with Crippen molar-refractivity contribution in [3.8, 4) is 6.07 Å². The largest absolute Gasteiger partial charge is 0.419 e. The van der Waals surface area contributed by atoms with Gasteiger partial charge in [-0.3, -0.25) is 4.57 Å². The quantitative estimate of drug-likeness (QED) is 0.749. The molecule has 0 aliphatic heterocycles. The Bertz CT molecular complexity index is 704. The Kier molecular flexibility index (Phi) is 1.80. The smallest absolute Gasteiger partial charge is 0.408 e. The third kappa shape index (κ3) is 1.19. The van der Waals surface area contributed by atoms with Crippen LogP contribution in [-0.4, -0.2) is 4.57 Å². The van der Waals surface area contributed by atoms with E-state index in [9.17, 15) is 10.1 Å². The third-order valence-corrected chi connectivity index (χ3v) is 3.82. The number of aryl methyl sites for hydroxylation is 1. The Balaban J connectivity index is 2.22. The molecule has 0 N–H and O–H groups in total. The molecule has 0 bridgehead atoms. The molecule has 17 heavy (non-hydrogen) atoms. The predicted molar refractivity (Wildman–Crippen MR) is 62.5 cm³/mol. The summed E-state index contributed by atoms with van der Waals surface area (Å²) in [5.41, 5.74) is 1.90. The molecule has 0 spiro atoms. The second-order valence-corrected chi connectivity index (χ2v) is 4.80. The molecule has 1 aliphatic carbocycles. The Morgan fingerprint density at radius 1 is 1.59 bits per heavy atom. The third-order valence-electron chi connectivity index (χ3n) is 3.82. The predicted octanol–water partition coefficient (Wildman–Crippen LogP) is 1.93. The van der Waals surface area contributed by atoms with Crippen LogP contribution < -0.4 is 5.76 Å². The van der Waals surface area contributed by atoms with Crippen LogP contribution in [0.4, 0.5) is 0 Å². The molecule has 1 saturated carbocycles. The van der Waals surface area contributed by atoms with E-state index in [0.29, 0.717) is 11.5 Å². The van der Waals surface area contributed by atoms with Gasteiger partial charge in [0, 0.05) is 7.05 Å². The topological polar surface area (TPSA) is 58.9 Å². The summed E-state index contributed by atoms with van der Waals surface area (Å²) in [5.74, 6) is 0.00684. The second-order valence-electron chi connectivity index (χ2n) is 4.80. The van der Waals surface area contributed by atoms with E-state index in [-0.39, 0.29) is 11.2 Å². The fourth-order valence-electron chi connectivity index (χ4n) is 2.46. The number of fused-ring (bicyclic) bond motifs is 1. The minimum atomic E-state index is -0.372. The van der Waals surface area contributed by atoms with Gasteiger partial charge >= 0.3 is 5.76 Å². The number of aromatic nitrogens is 1. The Morgan fingerprint density at radius 3 is 2.88 bits per heavy atom. The highest BCUT2D eigenvalue weighted by molar-refractivity contribution is 5.74. The second kappa shape index (κ2) is 3.01. The van der Waals surface area contributed by atoms with E-state index >= 15 is 0 Å². The summed E-state index contributed by atoms with van der Waals surface area (Å²) in [6.07, 6.45) is 0.881. The molecule has 86 valence electrons. The van der Waals surface area contributed by atoms with Crippen LogP contribution in [0.15, 0.2) is 27.4 Å². The van der Waals surface area contributed by atoms with Crippen LogP contribution in [0.2, 0.25) is 0 Å². The van der Waals surface area contributed by atoms with E-state index in [4.69, 9.17) is 4.42 Å². The first kappa shape index (κ1) is 10.2. The minimum absolute atomic E-state index is 0.369. The van der Waals surface area contributed by atoms with Gasteiger partial charge in [-0.25, -0.2) is 4.79 Å². The lowest BCUT2D eigenvalue weighted by molar-refractivity contribution is 0.527. The summed E-state index contributed by atoms with van der Waals surface area (Å²) in [4.78, 5) is 11.4. The van der Waals surface area contributed by atoms with Crippen molar-refractivity contribution in [1.29, 1.82) is 5.26 Å². The fraction of sp³-hybridized carbons (Fsp3) is 0.385. The van der Waals surface area contributed by atoms with Gasteiger partial charge in [0.15, 0.2) is 5.58 Å². The number of rotatable bonds is 1. The summed E-state index contributed by atoms with van der Waals surface area (Å²) < 4.78 is 6.61. The van der Waals surface area contributed by atoms with Crippen LogP contribution in [0.5, 0.6) is 0 Å². The number of hydrogen-bond donors (Lipinski definition) is 0. The van der Waals surface area contributed by atoms with Crippen molar-refractivity contribution in [2.45, 2.75) is 18.8 Å². The Morgan fingerprint density at radius 2 is 2.29 bits per heavy atom. The lowest BCUT2D eigenvalue weighted by Crippen LogP contribution is -2.08. The van der Waals surface area contributed by atoms with Crippen LogP contribution in [0.3, 0.4) is 0 Å². The number of nitriles is 1. The summed E-state index contributed by atoms with van der Waals surface area (Å²) in [6, 6.07) is 7.97. The first-order chi connectivity index (χ1) is 8.08. The van der Waals surface area contributed by atoms with Crippen LogP contribution in [-0.2, 0) is 12.5 Å². The zero-order valence-corrected chi connectivity index (χ0v) is 9.73. The molecule has 1 aliphatic rings. The summed E-state index contributed by atoms with van der Waals surface area (Å²) in [6.45, 7) is 2.06. The van der Waals surface area contributed by atoms with Gasteiger partial charge in [0.2, 0.25) is 0 Å². The molecule has 1 heterocycles. The lowest BCUT2D eigenvalue weighted by atomic mass is 9.95. The molecule has 0 saturated heterocycles. The SMILES string of the molecule is CC1CC1(C#N)c1ccc2c(c1)oc(=O)n2C. The molecule has 0 amide bonds. The number of oxazole rings is 1. The van der Waals surface area contributed by atoms with Crippen LogP contribution >= 0.6 is 0 Å². The number of nitrogens with zero attached hydrogens (tertiary/aromatic N) is 2. The molecule has 2 unspecified atom stereocenters. The van der Waals surface area contributed by atoms with E-state index in [1.807, 2.05) is 18.2 Å². The summed E-state index contributed by atoms with van der Waals surface area (Å²) >= 11 is 0. The number of hydrogen-bond acceptors (Lipinski definition) is 3. The van der Waals surface area contributed by atoms with Crippen molar-refractivity contribution in [2.75, 3.05) is 0 Å². The summed E-state index contributed by atoms with van der Waals surface area (Å²) in [5, 5.41) is 9.26. The first-order valence-electron chi connectivity index (χ1n) is 5.60. The van der Waals surface area contributed by atoms with Gasteiger partial charge in [0.05, 0.1) is 17.0 Å². The minimum Gasteiger partial charge on any atom is -0.408 e. The van der Waals surface area contributed by atoms with Crippen molar-refractivity contribution in [3.05, 3.63) is 34.3 Å². The molecule has 2 atom stereocenters. The molecule has 1 aromatic heterocycles. The van der Waals surface area contributed by atoms with E-state index in [1.54, 1.807) is 7.05 Å². The van der Waals surface area contributed by atoms with Crippen LogP contribution in [0.25, 0.3) is 11.1 Å². The van der Waals surface area contributed by atoms with Crippen molar-refractivity contribution in [3.63, 3.8) is 0 Å². The fourth-order valence-corrected chi connectivity index (χ4v) is 2.46. The van der Waals surface area contributed by atoms with Gasteiger partial charge in [-0.2, -0.15) is 5.26 Å². The Hall–Kier alpha value is -2.02. The van der Waals surface area contributed by atoms with E-state index in [2.05, 4.69) is 13.0 Å². The zero-order chi connectivity index (χ0) is 12.2. The zero-order valence-electron chi connectivity index (χ0n) is 9.73. The standard InChI is InChI=1S/C13H12N2O2/c1-8-6-13(8,7-14)9-3-4-10-11(5-9)17-12(16)15(10)2/h3-5,8H,6H2,1-2H3. The van der Waals surface area contributed by atoms with E-state index < -0.39 is 0 Å². The highest BCUT2D eigenvalue weighted by Gasteiger charge is 2.53. The maximum atomic E-state index is 11.4. The normalized spacial score (nSPS) is 27.0. The van der Waals surface area contributed by atoms with Gasteiger partial charge in [-0.1, -0.05) is 13.0 Å². The molecule has 0 radical (unpaired) electrons. The maximum Gasteiger partial charge on any atom is 0.419 e. The average Bonchev–Trinajstić information content (AvgIpc) is 2.91. The van der Waals surface area contributed by atoms with Gasteiger partial charge in [0.25, 0.3) is 0 Å². The molecular weight excluding hydrogens is 216 g/mol. The molecular formula is C13H12N2O2. The van der Waals surface area contributed by atoms with Crippen LogP contribution in [0.1, 0.15) is 18.9 Å². The molecule has 1 aromatic carbocycles. The van der Waals surface area contributed by atoms with Crippen LogP contribution in [0, 0.1) is 17.2 Å². The van der Waals surface area contributed by atoms with E-state index in [1.165, 1.54) is 4.57 Å². The molecule has 4 nitrogen and oxygen atoms in total. The average molecular weight is 228 g/mol. The molecule has 2 aromatic rings. The van der Waals surface area contributed by atoms with Crippen molar-refractivity contribution in [2.24, 2.45) is 13.0 Å². The monoisotopic (exact) mass is 228 g/mol. The lowest BCUT2D eigenvalue weighted by Gasteiger charge is -2.06. The highest BCUT2D eigenvalue weighted by Crippen LogP contribution is 2.53.